The van der Waals surface area contributed by atoms with E-state index in [0.717, 1.165) is 12.8 Å². The number of nitrogens with zero attached hydrogens (tertiary/aromatic N) is 1. The molecule has 2 heteroatoms. The Kier molecular flexibility index (Phi) is 3.07. The van der Waals surface area contributed by atoms with E-state index in [4.69, 9.17) is 0 Å². The Balaban J connectivity index is 2.96. The van der Waals surface area contributed by atoms with Crippen molar-refractivity contribution in [3.05, 3.63) is 12.7 Å². The molecule has 1 saturated heterocycles. The minimum absolute atomic E-state index is 0.00234. The highest BCUT2D eigenvalue weighted by molar-refractivity contribution is 5.00. The molecule has 0 bridgehead atoms. The highest BCUT2D eigenvalue weighted by Crippen LogP contribution is 2.39. The SMILES string of the molecule is C=CC([O])N1C(C)(C)CCCC1(C)C. The molecule has 1 atom stereocenters. The fourth-order valence-corrected chi connectivity index (χ4v) is 2.81. The van der Waals surface area contributed by atoms with Crippen molar-refractivity contribution in [3.63, 3.8) is 0 Å². The standard InChI is InChI=1S/C12H22NO/c1-6-10(14)13-11(2,3)8-7-9-12(13,4)5/h6,10H,1,7-9H2,2-5H3. The van der Waals surface area contributed by atoms with Gasteiger partial charge >= 0.3 is 0 Å². The average Bonchev–Trinajstić information content (AvgIpc) is 2.00. The van der Waals surface area contributed by atoms with Crippen LogP contribution in [0, 0.1) is 0 Å². The fraction of sp³-hybridized carbons (Fsp3) is 0.833. The Hall–Kier alpha value is -0.340. The third-order valence-electron chi connectivity index (χ3n) is 3.34. The van der Waals surface area contributed by atoms with E-state index in [-0.39, 0.29) is 11.1 Å². The topological polar surface area (TPSA) is 23.1 Å². The van der Waals surface area contributed by atoms with Gasteiger partial charge in [0.1, 0.15) is 0 Å². The predicted molar refractivity (Wildman–Crippen MR) is 58.5 cm³/mol. The summed E-state index contributed by atoms with van der Waals surface area (Å²) in [7, 11) is 0. The number of rotatable bonds is 2. The lowest BCUT2D eigenvalue weighted by atomic mass is 9.79. The summed E-state index contributed by atoms with van der Waals surface area (Å²) in [4.78, 5) is 2.07. The van der Waals surface area contributed by atoms with E-state index >= 15 is 0 Å². The first-order valence-corrected chi connectivity index (χ1v) is 5.39. The molecule has 2 nitrogen and oxygen atoms in total. The summed E-state index contributed by atoms with van der Waals surface area (Å²) in [5, 5.41) is 11.9. The van der Waals surface area contributed by atoms with Crippen molar-refractivity contribution < 1.29 is 5.11 Å². The van der Waals surface area contributed by atoms with Crippen molar-refractivity contribution >= 4 is 0 Å². The molecular weight excluding hydrogens is 174 g/mol. The van der Waals surface area contributed by atoms with E-state index in [1.54, 1.807) is 0 Å². The van der Waals surface area contributed by atoms with Crippen LogP contribution in [0.15, 0.2) is 12.7 Å². The molecule has 1 aliphatic heterocycles. The first-order valence-electron chi connectivity index (χ1n) is 5.39. The van der Waals surface area contributed by atoms with E-state index in [2.05, 4.69) is 39.2 Å². The summed E-state index contributed by atoms with van der Waals surface area (Å²) in [6.45, 7) is 12.2. The molecule has 0 aromatic heterocycles. The fourth-order valence-electron chi connectivity index (χ4n) is 2.81. The molecule has 0 spiro atoms. The van der Waals surface area contributed by atoms with Crippen LogP contribution in [0.2, 0.25) is 0 Å². The highest BCUT2D eigenvalue weighted by Gasteiger charge is 2.44. The Labute approximate surface area is 87.6 Å². The molecule has 0 aliphatic carbocycles. The van der Waals surface area contributed by atoms with Crippen molar-refractivity contribution in [1.82, 2.24) is 4.90 Å². The first kappa shape index (κ1) is 11.7. The lowest BCUT2D eigenvalue weighted by molar-refractivity contribution is -0.141. The maximum Gasteiger partial charge on any atom is 0.165 e. The van der Waals surface area contributed by atoms with Crippen LogP contribution in [0.3, 0.4) is 0 Å². The third-order valence-corrected chi connectivity index (χ3v) is 3.34. The molecule has 1 heterocycles. The van der Waals surface area contributed by atoms with E-state index in [1.165, 1.54) is 12.5 Å². The van der Waals surface area contributed by atoms with Crippen LogP contribution in [-0.4, -0.2) is 22.2 Å². The molecular formula is C12H22NO. The van der Waals surface area contributed by atoms with Gasteiger partial charge in [-0.05, 0) is 53.0 Å². The van der Waals surface area contributed by atoms with Crippen LogP contribution in [0.25, 0.3) is 0 Å². The van der Waals surface area contributed by atoms with Crippen molar-refractivity contribution in [2.75, 3.05) is 0 Å². The normalized spacial score (nSPS) is 28.4. The number of hydrogen-bond donors (Lipinski definition) is 0. The number of likely N-dealkylation sites (tertiary alicyclic amines) is 1. The smallest absolute Gasteiger partial charge is 0.165 e. The zero-order valence-electron chi connectivity index (χ0n) is 9.84. The molecule has 1 radical (unpaired) electrons. The van der Waals surface area contributed by atoms with Gasteiger partial charge in [0, 0.05) is 11.1 Å². The monoisotopic (exact) mass is 196 g/mol. The molecule has 14 heavy (non-hydrogen) atoms. The molecule has 1 rings (SSSR count). The highest BCUT2D eigenvalue weighted by atomic mass is 16.3. The quantitative estimate of drug-likeness (QED) is 0.623. The Morgan fingerprint density at radius 3 is 2.00 bits per heavy atom. The minimum Gasteiger partial charge on any atom is -0.262 e. The molecule has 0 aromatic rings. The van der Waals surface area contributed by atoms with Gasteiger partial charge in [-0.25, -0.2) is 5.11 Å². The zero-order valence-corrected chi connectivity index (χ0v) is 9.84. The summed E-state index contributed by atoms with van der Waals surface area (Å²) in [6.07, 6.45) is 4.14. The molecule has 1 fully saturated rings. The maximum absolute atomic E-state index is 11.9. The molecule has 81 valence electrons. The van der Waals surface area contributed by atoms with Gasteiger partial charge < -0.3 is 0 Å². The lowest BCUT2D eigenvalue weighted by Crippen LogP contribution is -2.61. The van der Waals surface area contributed by atoms with Crippen LogP contribution >= 0.6 is 0 Å². The second-order valence-electron chi connectivity index (χ2n) is 5.47. The number of hydrogen-bond acceptors (Lipinski definition) is 1. The van der Waals surface area contributed by atoms with Gasteiger partial charge in [0.15, 0.2) is 6.23 Å². The summed E-state index contributed by atoms with van der Waals surface area (Å²) in [6, 6.07) is 0. The second-order valence-corrected chi connectivity index (χ2v) is 5.47. The first-order chi connectivity index (χ1) is 6.31. The summed E-state index contributed by atoms with van der Waals surface area (Å²) >= 11 is 0. The minimum atomic E-state index is -0.778. The van der Waals surface area contributed by atoms with Crippen molar-refractivity contribution in [2.24, 2.45) is 0 Å². The van der Waals surface area contributed by atoms with Crippen LogP contribution < -0.4 is 0 Å². The van der Waals surface area contributed by atoms with Gasteiger partial charge in [-0.15, -0.1) is 0 Å². The molecule has 0 amide bonds. The van der Waals surface area contributed by atoms with Crippen LogP contribution in [-0.2, 0) is 5.11 Å². The van der Waals surface area contributed by atoms with Crippen LogP contribution in [0.4, 0.5) is 0 Å². The molecule has 0 aromatic carbocycles. The zero-order chi connectivity index (χ0) is 11.0. The Morgan fingerprint density at radius 1 is 1.21 bits per heavy atom. The van der Waals surface area contributed by atoms with E-state index in [1.807, 2.05) is 0 Å². The average molecular weight is 196 g/mol. The van der Waals surface area contributed by atoms with E-state index in [9.17, 15) is 5.11 Å². The summed E-state index contributed by atoms with van der Waals surface area (Å²) in [5.74, 6) is 0. The van der Waals surface area contributed by atoms with Gasteiger partial charge in [0.25, 0.3) is 0 Å². The van der Waals surface area contributed by atoms with Crippen molar-refractivity contribution in [2.45, 2.75) is 64.3 Å². The predicted octanol–water partition coefficient (Wildman–Crippen LogP) is 2.97. The van der Waals surface area contributed by atoms with E-state index < -0.39 is 6.23 Å². The lowest BCUT2D eigenvalue weighted by Gasteiger charge is -2.53. The van der Waals surface area contributed by atoms with Crippen LogP contribution in [0.5, 0.6) is 0 Å². The second kappa shape index (κ2) is 3.67. The Bertz CT molecular complexity index is 204. The third kappa shape index (κ3) is 2.01. The van der Waals surface area contributed by atoms with Gasteiger partial charge in [-0.2, -0.15) is 0 Å². The summed E-state index contributed by atoms with van der Waals surface area (Å²) in [5.41, 5.74) is 0.00468. The van der Waals surface area contributed by atoms with Crippen molar-refractivity contribution in [3.8, 4) is 0 Å². The molecule has 1 aliphatic rings. The van der Waals surface area contributed by atoms with E-state index in [0.29, 0.717) is 0 Å². The molecule has 1 unspecified atom stereocenters. The number of piperidine rings is 1. The molecule has 0 saturated carbocycles. The van der Waals surface area contributed by atoms with Crippen molar-refractivity contribution in [1.29, 1.82) is 0 Å². The van der Waals surface area contributed by atoms with Gasteiger partial charge in [0.2, 0.25) is 0 Å². The Morgan fingerprint density at radius 2 is 1.64 bits per heavy atom. The van der Waals surface area contributed by atoms with Gasteiger partial charge in [-0.1, -0.05) is 6.58 Å². The molecule has 0 N–H and O–H groups in total. The van der Waals surface area contributed by atoms with Crippen LogP contribution in [0.1, 0.15) is 47.0 Å². The van der Waals surface area contributed by atoms with Gasteiger partial charge in [-0.3, -0.25) is 4.90 Å². The summed E-state index contributed by atoms with van der Waals surface area (Å²) < 4.78 is 0. The van der Waals surface area contributed by atoms with Gasteiger partial charge in [0.05, 0.1) is 0 Å². The largest absolute Gasteiger partial charge is 0.262 e. The maximum atomic E-state index is 11.9.